The normalized spacial score (nSPS) is 10.8. The van der Waals surface area contributed by atoms with Crippen LogP contribution in [0.1, 0.15) is 5.82 Å². The SMILES string of the molecule is Cn1c(Cn2cc([N+](=O)[O-])ccc2=O)nc2ccccc2c1=O. The smallest absolute Gasteiger partial charge is 0.285 e. The number of para-hydroxylation sites is 1. The molecule has 0 radical (unpaired) electrons. The van der Waals surface area contributed by atoms with Crippen LogP contribution in [0.5, 0.6) is 0 Å². The number of pyridine rings is 1. The van der Waals surface area contributed by atoms with Gasteiger partial charge in [0, 0.05) is 19.2 Å². The molecule has 0 saturated heterocycles. The third-order valence-electron chi connectivity index (χ3n) is 3.57. The number of nitrogens with zero attached hydrogens (tertiary/aromatic N) is 4. The van der Waals surface area contributed by atoms with Crippen LogP contribution in [0.25, 0.3) is 10.9 Å². The fraction of sp³-hybridized carbons (Fsp3) is 0.133. The van der Waals surface area contributed by atoms with Crippen molar-refractivity contribution >= 4 is 16.6 Å². The summed E-state index contributed by atoms with van der Waals surface area (Å²) in [4.78, 5) is 38.8. The summed E-state index contributed by atoms with van der Waals surface area (Å²) >= 11 is 0. The molecular weight excluding hydrogens is 300 g/mol. The Morgan fingerprint density at radius 3 is 2.65 bits per heavy atom. The molecule has 0 N–H and O–H groups in total. The van der Waals surface area contributed by atoms with Crippen LogP contribution >= 0.6 is 0 Å². The second-order valence-electron chi connectivity index (χ2n) is 5.02. The molecule has 116 valence electrons. The molecule has 0 amide bonds. The number of fused-ring (bicyclic) bond motifs is 1. The number of rotatable bonds is 3. The van der Waals surface area contributed by atoms with E-state index in [1.807, 2.05) is 0 Å². The van der Waals surface area contributed by atoms with Gasteiger partial charge in [0.1, 0.15) is 5.82 Å². The van der Waals surface area contributed by atoms with Crippen LogP contribution in [0.3, 0.4) is 0 Å². The molecule has 0 aliphatic rings. The summed E-state index contributed by atoms with van der Waals surface area (Å²) in [5, 5.41) is 11.3. The minimum atomic E-state index is -0.581. The first-order chi connectivity index (χ1) is 11.0. The fourth-order valence-electron chi connectivity index (χ4n) is 2.31. The molecule has 0 unspecified atom stereocenters. The van der Waals surface area contributed by atoms with Crippen molar-refractivity contribution in [3.05, 3.63) is 79.2 Å². The van der Waals surface area contributed by atoms with Crippen LogP contribution in [-0.4, -0.2) is 19.0 Å². The molecule has 3 aromatic rings. The van der Waals surface area contributed by atoms with E-state index in [0.29, 0.717) is 16.7 Å². The minimum Gasteiger partial charge on any atom is -0.301 e. The molecule has 0 aliphatic carbocycles. The van der Waals surface area contributed by atoms with Gasteiger partial charge in [-0.25, -0.2) is 4.98 Å². The van der Waals surface area contributed by atoms with Crippen LogP contribution in [0.4, 0.5) is 5.69 Å². The summed E-state index contributed by atoms with van der Waals surface area (Å²) in [7, 11) is 1.56. The molecule has 0 aliphatic heterocycles. The van der Waals surface area contributed by atoms with E-state index in [-0.39, 0.29) is 17.8 Å². The molecular formula is C15H12N4O4. The van der Waals surface area contributed by atoms with Crippen LogP contribution in [0.2, 0.25) is 0 Å². The highest BCUT2D eigenvalue weighted by molar-refractivity contribution is 5.77. The van der Waals surface area contributed by atoms with E-state index in [1.54, 1.807) is 31.3 Å². The van der Waals surface area contributed by atoms with Crippen LogP contribution in [0.15, 0.2) is 52.2 Å². The summed E-state index contributed by atoms with van der Waals surface area (Å²) in [5.74, 6) is 0.344. The second-order valence-corrected chi connectivity index (χ2v) is 5.02. The highest BCUT2D eigenvalue weighted by Crippen LogP contribution is 2.10. The number of benzene rings is 1. The Bertz CT molecular complexity index is 1040. The standard InChI is InChI=1S/C15H12N4O4/c1-17-13(16-12-5-3-2-4-11(12)15(17)21)9-18-8-10(19(22)23)6-7-14(18)20/h2-8H,9H2,1H3. The van der Waals surface area contributed by atoms with Crippen LogP contribution in [0, 0.1) is 10.1 Å². The molecule has 1 aromatic carbocycles. The van der Waals surface area contributed by atoms with Crippen LogP contribution in [-0.2, 0) is 13.6 Å². The molecule has 8 nitrogen and oxygen atoms in total. The van der Waals surface area contributed by atoms with E-state index in [0.717, 1.165) is 22.9 Å². The van der Waals surface area contributed by atoms with Gasteiger partial charge in [0.05, 0.1) is 28.6 Å². The summed E-state index contributed by atoms with van der Waals surface area (Å²) in [6.45, 7) is -0.0307. The molecule has 0 bridgehead atoms. The molecule has 2 aromatic heterocycles. The Morgan fingerprint density at radius 2 is 1.91 bits per heavy atom. The van der Waals surface area contributed by atoms with Gasteiger partial charge in [-0.15, -0.1) is 0 Å². The Labute approximate surface area is 129 Å². The van der Waals surface area contributed by atoms with Crippen molar-refractivity contribution in [3.8, 4) is 0 Å². The summed E-state index contributed by atoms with van der Waals surface area (Å²) in [5.41, 5.74) is -0.318. The predicted molar refractivity (Wildman–Crippen MR) is 83.4 cm³/mol. The zero-order chi connectivity index (χ0) is 16.6. The van der Waals surface area contributed by atoms with Gasteiger partial charge in [-0.05, 0) is 12.1 Å². The maximum atomic E-state index is 12.3. The lowest BCUT2D eigenvalue weighted by atomic mass is 10.2. The highest BCUT2D eigenvalue weighted by Gasteiger charge is 2.12. The lowest BCUT2D eigenvalue weighted by Gasteiger charge is -2.10. The number of aromatic nitrogens is 3. The largest absolute Gasteiger partial charge is 0.301 e. The third kappa shape index (κ3) is 2.61. The Morgan fingerprint density at radius 1 is 1.17 bits per heavy atom. The number of hydrogen-bond donors (Lipinski definition) is 0. The molecule has 3 rings (SSSR count). The number of hydrogen-bond acceptors (Lipinski definition) is 5. The molecule has 8 heteroatoms. The molecule has 23 heavy (non-hydrogen) atoms. The van der Waals surface area contributed by atoms with Gasteiger partial charge >= 0.3 is 0 Å². The van der Waals surface area contributed by atoms with E-state index >= 15 is 0 Å². The Hall–Kier alpha value is -3.29. The molecule has 2 heterocycles. The maximum absolute atomic E-state index is 12.3. The summed E-state index contributed by atoms with van der Waals surface area (Å²) in [6, 6.07) is 9.15. The van der Waals surface area contributed by atoms with Gasteiger partial charge in [-0.1, -0.05) is 12.1 Å². The van der Waals surface area contributed by atoms with E-state index in [9.17, 15) is 19.7 Å². The third-order valence-corrected chi connectivity index (χ3v) is 3.57. The minimum absolute atomic E-state index is 0.0307. The van der Waals surface area contributed by atoms with Gasteiger partial charge in [-0.2, -0.15) is 0 Å². The van der Waals surface area contributed by atoms with E-state index in [1.165, 1.54) is 4.57 Å². The lowest BCUT2D eigenvalue weighted by molar-refractivity contribution is -0.385. The first kappa shape index (κ1) is 14.6. The molecule has 0 atom stereocenters. The van der Waals surface area contributed by atoms with Crippen molar-refractivity contribution in [2.45, 2.75) is 6.54 Å². The molecule has 0 fully saturated rings. The van der Waals surface area contributed by atoms with Gasteiger partial charge < -0.3 is 4.57 Å². The highest BCUT2D eigenvalue weighted by atomic mass is 16.6. The van der Waals surface area contributed by atoms with Gasteiger partial charge in [0.25, 0.3) is 16.8 Å². The Kier molecular flexibility index (Phi) is 3.49. The van der Waals surface area contributed by atoms with Crippen molar-refractivity contribution in [1.82, 2.24) is 14.1 Å². The fourth-order valence-corrected chi connectivity index (χ4v) is 2.31. The first-order valence-electron chi connectivity index (χ1n) is 6.77. The van der Waals surface area contributed by atoms with E-state index in [2.05, 4.69) is 4.98 Å². The van der Waals surface area contributed by atoms with Crippen molar-refractivity contribution in [2.75, 3.05) is 0 Å². The molecule has 0 saturated carbocycles. The van der Waals surface area contributed by atoms with Crippen molar-refractivity contribution in [2.24, 2.45) is 7.05 Å². The summed E-state index contributed by atoms with van der Waals surface area (Å²) < 4.78 is 2.50. The van der Waals surface area contributed by atoms with Gasteiger partial charge in [0.15, 0.2) is 0 Å². The monoisotopic (exact) mass is 312 g/mol. The van der Waals surface area contributed by atoms with E-state index < -0.39 is 10.5 Å². The average Bonchev–Trinajstić information content (AvgIpc) is 2.54. The van der Waals surface area contributed by atoms with Crippen molar-refractivity contribution < 1.29 is 4.92 Å². The summed E-state index contributed by atoms with van der Waals surface area (Å²) in [6.07, 6.45) is 1.14. The second kappa shape index (κ2) is 5.48. The first-order valence-corrected chi connectivity index (χ1v) is 6.77. The van der Waals surface area contributed by atoms with Gasteiger partial charge in [0.2, 0.25) is 0 Å². The zero-order valence-electron chi connectivity index (χ0n) is 12.2. The topological polar surface area (TPSA) is 100 Å². The number of nitro groups is 1. The van der Waals surface area contributed by atoms with Crippen LogP contribution < -0.4 is 11.1 Å². The van der Waals surface area contributed by atoms with Gasteiger partial charge in [-0.3, -0.25) is 24.3 Å². The quantitative estimate of drug-likeness (QED) is 0.531. The Balaban J connectivity index is 2.14. The zero-order valence-corrected chi connectivity index (χ0v) is 12.2. The molecule has 0 spiro atoms. The lowest BCUT2D eigenvalue weighted by Crippen LogP contribution is -2.27. The predicted octanol–water partition coefficient (Wildman–Crippen LogP) is 1.05. The average molecular weight is 312 g/mol. The van der Waals surface area contributed by atoms with E-state index in [4.69, 9.17) is 0 Å². The maximum Gasteiger partial charge on any atom is 0.285 e. The van der Waals surface area contributed by atoms with Crippen molar-refractivity contribution in [3.63, 3.8) is 0 Å². The van der Waals surface area contributed by atoms with Crippen molar-refractivity contribution in [1.29, 1.82) is 0 Å².